The fourth-order valence-corrected chi connectivity index (χ4v) is 3.58. The van der Waals surface area contributed by atoms with Gasteiger partial charge in [0, 0.05) is 12.0 Å². The summed E-state index contributed by atoms with van der Waals surface area (Å²) in [6.07, 6.45) is 1.46. The summed E-state index contributed by atoms with van der Waals surface area (Å²) >= 11 is 0. The highest BCUT2D eigenvalue weighted by Crippen LogP contribution is 2.46. The van der Waals surface area contributed by atoms with Gasteiger partial charge in [0.15, 0.2) is 0 Å². The molecule has 1 atom stereocenters. The number of esters is 1. The van der Waals surface area contributed by atoms with Crippen molar-refractivity contribution < 1.29 is 23.8 Å². The molecular weight excluding hydrogens is 334 g/mol. The van der Waals surface area contributed by atoms with Crippen LogP contribution in [0, 0.1) is 5.41 Å². The highest BCUT2D eigenvalue weighted by molar-refractivity contribution is 5.89. The molecule has 0 aromatic heterocycles. The second-order valence-corrected chi connectivity index (χ2v) is 8.25. The Morgan fingerprint density at radius 3 is 2.35 bits per heavy atom. The van der Waals surface area contributed by atoms with Crippen molar-refractivity contribution in [3.05, 3.63) is 35.4 Å². The Balaban J connectivity index is 1.84. The van der Waals surface area contributed by atoms with Crippen LogP contribution >= 0.6 is 0 Å². The van der Waals surface area contributed by atoms with E-state index in [1.165, 1.54) is 7.11 Å². The molecular formula is C20H27NO5. The molecule has 1 spiro atoms. The molecule has 2 aliphatic rings. The third kappa shape index (κ3) is 3.85. The molecule has 0 aliphatic carbocycles. The molecule has 0 unspecified atom stereocenters. The van der Waals surface area contributed by atoms with Crippen LogP contribution in [0.1, 0.15) is 55.6 Å². The van der Waals surface area contributed by atoms with E-state index in [1.54, 1.807) is 12.1 Å². The van der Waals surface area contributed by atoms with Crippen molar-refractivity contribution in [1.82, 2.24) is 4.90 Å². The van der Waals surface area contributed by atoms with Crippen LogP contribution in [0.15, 0.2) is 24.3 Å². The predicted molar refractivity (Wildman–Crippen MR) is 95.9 cm³/mol. The average Bonchev–Trinajstić information content (AvgIpc) is 2.57. The van der Waals surface area contributed by atoms with Crippen molar-refractivity contribution in [3.63, 3.8) is 0 Å². The molecule has 2 fully saturated rings. The first kappa shape index (κ1) is 18.7. The lowest BCUT2D eigenvalue weighted by Gasteiger charge is -2.51. The van der Waals surface area contributed by atoms with E-state index < -0.39 is 5.60 Å². The van der Waals surface area contributed by atoms with Crippen LogP contribution < -0.4 is 0 Å². The van der Waals surface area contributed by atoms with Crippen molar-refractivity contribution in [1.29, 1.82) is 0 Å². The SMILES string of the molecule is COC(=O)c1ccc([C@H]2CC3(CCN2C(=O)OC(C)(C)C)COC3)cc1. The van der Waals surface area contributed by atoms with Gasteiger partial charge in [0.1, 0.15) is 5.60 Å². The zero-order valence-corrected chi connectivity index (χ0v) is 15.9. The van der Waals surface area contributed by atoms with Crippen molar-refractivity contribution in [2.45, 2.75) is 45.3 Å². The summed E-state index contributed by atoms with van der Waals surface area (Å²) in [6, 6.07) is 7.19. The fourth-order valence-electron chi connectivity index (χ4n) is 3.58. The summed E-state index contributed by atoms with van der Waals surface area (Å²) < 4.78 is 15.8. The largest absolute Gasteiger partial charge is 0.465 e. The zero-order valence-electron chi connectivity index (χ0n) is 15.9. The first-order valence-electron chi connectivity index (χ1n) is 8.99. The summed E-state index contributed by atoms with van der Waals surface area (Å²) in [4.78, 5) is 26.2. The summed E-state index contributed by atoms with van der Waals surface area (Å²) in [7, 11) is 1.36. The molecule has 2 saturated heterocycles. The van der Waals surface area contributed by atoms with Gasteiger partial charge in [-0.05, 0) is 51.3 Å². The van der Waals surface area contributed by atoms with Crippen molar-refractivity contribution in [2.75, 3.05) is 26.9 Å². The van der Waals surface area contributed by atoms with Crippen molar-refractivity contribution in [2.24, 2.45) is 5.41 Å². The van der Waals surface area contributed by atoms with Crippen LogP contribution in [0.25, 0.3) is 0 Å². The highest BCUT2D eigenvalue weighted by Gasteiger charge is 2.47. The predicted octanol–water partition coefficient (Wildman–Crippen LogP) is 3.56. The lowest BCUT2D eigenvalue weighted by Crippen LogP contribution is -2.53. The number of ether oxygens (including phenoxy) is 3. The molecule has 2 aliphatic heterocycles. The number of likely N-dealkylation sites (tertiary alicyclic amines) is 1. The number of carbonyl (C=O) groups excluding carboxylic acids is 2. The van der Waals surface area contributed by atoms with Gasteiger partial charge in [-0.1, -0.05) is 12.1 Å². The third-order valence-corrected chi connectivity index (χ3v) is 5.05. The first-order chi connectivity index (χ1) is 12.2. The summed E-state index contributed by atoms with van der Waals surface area (Å²) in [5.74, 6) is -0.368. The molecule has 0 N–H and O–H groups in total. The van der Waals surface area contributed by atoms with Crippen molar-refractivity contribution in [3.8, 4) is 0 Å². The number of hydrogen-bond donors (Lipinski definition) is 0. The quantitative estimate of drug-likeness (QED) is 0.754. The Labute approximate surface area is 154 Å². The van der Waals surface area contributed by atoms with E-state index in [-0.39, 0.29) is 23.5 Å². The molecule has 1 aromatic carbocycles. The second-order valence-electron chi connectivity index (χ2n) is 8.25. The van der Waals surface area contributed by atoms with E-state index in [0.717, 1.165) is 31.6 Å². The van der Waals surface area contributed by atoms with Crippen LogP contribution in [0.5, 0.6) is 0 Å². The van der Waals surface area contributed by atoms with E-state index in [0.29, 0.717) is 12.1 Å². The molecule has 1 amide bonds. The summed E-state index contributed by atoms with van der Waals surface area (Å²) in [5, 5.41) is 0. The minimum absolute atomic E-state index is 0.0887. The first-order valence-corrected chi connectivity index (χ1v) is 8.99. The zero-order chi connectivity index (χ0) is 18.9. The molecule has 6 heteroatoms. The molecule has 0 saturated carbocycles. The Kier molecular flexibility index (Phi) is 4.97. The molecule has 6 nitrogen and oxygen atoms in total. The Bertz CT molecular complexity index is 672. The smallest absolute Gasteiger partial charge is 0.410 e. The molecule has 3 rings (SSSR count). The maximum absolute atomic E-state index is 12.7. The second kappa shape index (κ2) is 6.91. The van der Waals surface area contributed by atoms with E-state index in [1.807, 2.05) is 37.8 Å². The third-order valence-electron chi connectivity index (χ3n) is 5.05. The molecule has 2 heterocycles. The number of methoxy groups -OCH3 is 1. The van der Waals surface area contributed by atoms with Gasteiger partial charge in [0.25, 0.3) is 0 Å². The maximum Gasteiger partial charge on any atom is 0.410 e. The minimum atomic E-state index is -0.537. The van der Waals surface area contributed by atoms with Gasteiger partial charge in [-0.3, -0.25) is 0 Å². The number of benzene rings is 1. The molecule has 26 heavy (non-hydrogen) atoms. The molecule has 142 valence electrons. The maximum atomic E-state index is 12.7. The van der Waals surface area contributed by atoms with Crippen LogP contribution in [0.4, 0.5) is 4.79 Å². The number of carbonyl (C=O) groups is 2. The minimum Gasteiger partial charge on any atom is -0.465 e. The van der Waals surface area contributed by atoms with Gasteiger partial charge in [-0.2, -0.15) is 0 Å². The summed E-state index contributed by atoms with van der Waals surface area (Å²) in [5.41, 5.74) is 1.10. The Hall–Kier alpha value is -2.08. The van der Waals surface area contributed by atoms with Crippen molar-refractivity contribution >= 4 is 12.1 Å². The molecule has 0 bridgehead atoms. The van der Waals surface area contributed by atoms with Gasteiger partial charge >= 0.3 is 12.1 Å². The standard InChI is InChI=1S/C20H27NO5/c1-19(2,3)26-18(23)21-10-9-20(12-25-13-20)11-16(21)14-5-7-15(8-6-14)17(22)24-4/h5-8,16H,9-13H2,1-4H3/t16-/m1/s1. The Morgan fingerprint density at radius 1 is 1.19 bits per heavy atom. The van der Waals surface area contributed by atoms with Gasteiger partial charge in [-0.25, -0.2) is 9.59 Å². The average molecular weight is 361 g/mol. The van der Waals surface area contributed by atoms with E-state index in [4.69, 9.17) is 14.2 Å². The number of piperidine rings is 1. The number of amides is 1. The van der Waals surface area contributed by atoms with Gasteiger partial charge in [0.2, 0.25) is 0 Å². The van der Waals surface area contributed by atoms with Gasteiger partial charge in [-0.15, -0.1) is 0 Å². The Morgan fingerprint density at radius 2 is 1.85 bits per heavy atom. The van der Waals surface area contributed by atoms with Crippen LogP contribution in [-0.2, 0) is 14.2 Å². The number of rotatable bonds is 2. The number of hydrogen-bond acceptors (Lipinski definition) is 5. The number of nitrogens with zero attached hydrogens (tertiary/aromatic N) is 1. The highest BCUT2D eigenvalue weighted by atomic mass is 16.6. The van der Waals surface area contributed by atoms with Crippen LogP contribution in [-0.4, -0.2) is 49.4 Å². The molecule has 1 aromatic rings. The van der Waals surface area contributed by atoms with Crippen LogP contribution in [0.2, 0.25) is 0 Å². The topological polar surface area (TPSA) is 65.1 Å². The van der Waals surface area contributed by atoms with Gasteiger partial charge < -0.3 is 19.1 Å². The molecule has 0 radical (unpaired) electrons. The monoisotopic (exact) mass is 361 g/mol. The van der Waals surface area contributed by atoms with E-state index >= 15 is 0 Å². The normalized spacial score (nSPS) is 21.8. The lowest BCUT2D eigenvalue weighted by atomic mass is 9.72. The fraction of sp³-hybridized carbons (Fsp3) is 0.600. The van der Waals surface area contributed by atoms with Gasteiger partial charge in [0.05, 0.1) is 31.9 Å². The van der Waals surface area contributed by atoms with E-state index in [9.17, 15) is 9.59 Å². The van der Waals surface area contributed by atoms with Crippen LogP contribution in [0.3, 0.4) is 0 Å². The van der Waals surface area contributed by atoms with E-state index in [2.05, 4.69) is 0 Å². The summed E-state index contributed by atoms with van der Waals surface area (Å²) in [6.45, 7) is 7.74. The lowest BCUT2D eigenvalue weighted by molar-refractivity contribution is -0.150.